The number of sulfonamides is 1. The van der Waals surface area contributed by atoms with Crippen LogP contribution in [0.1, 0.15) is 16.1 Å². The molecule has 0 amide bonds. The van der Waals surface area contributed by atoms with E-state index in [2.05, 4.69) is 9.71 Å². The van der Waals surface area contributed by atoms with Crippen LogP contribution in [0.4, 0.5) is 5.69 Å². The van der Waals surface area contributed by atoms with E-state index in [1.54, 1.807) is 41.7 Å². The largest absolute Gasteiger partial charge is 0.280 e. The first-order valence-electron chi connectivity index (χ1n) is 7.49. The molecule has 0 spiro atoms. The van der Waals surface area contributed by atoms with Gasteiger partial charge in [0, 0.05) is 16.1 Å². The lowest BCUT2D eigenvalue weighted by molar-refractivity contribution is 0.601. The zero-order valence-electron chi connectivity index (χ0n) is 13.7. The molecule has 0 radical (unpaired) electrons. The predicted molar refractivity (Wildman–Crippen MR) is 99.0 cm³/mol. The van der Waals surface area contributed by atoms with Crippen molar-refractivity contribution in [1.82, 2.24) is 4.98 Å². The molecule has 0 saturated heterocycles. The van der Waals surface area contributed by atoms with Crippen LogP contribution in [-0.2, 0) is 10.0 Å². The van der Waals surface area contributed by atoms with Crippen molar-refractivity contribution in [2.45, 2.75) is 25.7 Å². The molecule has 3 rings (SSSR count). The van der Waals surface area contributed by atoms with Crippen molar-refractivity contribution in [2.24, 2.45) is 0 Å². The number of nitrogens with one attached hydrogen (secondary N) is 1. The highest BCUT2D eigenvalue weighted by molar-refractivity contribution is 7.92. The van der Waals surface area contributed by atoms with Gasteiger partial charge in [-0.1, -0.05) is 29.8 Å². The van der Waals surface area contributed by atoms with Crippen molar-refractivity contribution in [1.29, 1.82) is 0 Å². The fourth-order valence-electron chi connectivity index (χ4n) is 2.24. The highest BCUT2D eigenvalue weighted by atomic mass is 32.2. The van der Waals surface area contributed by atoms with E-state index >= 15 is 0 Å². The molecule has 0 aliphatic rings. The Bertz CT molecular complexity index is 955. The average molecular weight is 358 g/mol. The molecule has 1 N–H and O–H groups in total. The Morgan fingerprint density at radius 3 is 2.33 bits per heavy atom. The molecule has 2 aromatic carbocycles. The van der Waals surface area contributed by atoms with Crippen LogP contribution < -0.4 is 4.72 Å². The van der Waals surface area contributed by atoms with Crippen molar-refractivity contribution in [3.63, 3.8) is 0 Å². The van der Waals surface area contributed by atoms with E-state index in [0.29, 0.717) is 5.69 Å². The maximum atomic E-state index is 12.5. The van der Waals surface area contributed by atoms with E-state index in [0.717, 1.165) is 26.7 Å². The summed E-state index contributed by atoms with van der Waals surface area (Å²) < 4.78 is 27.6. The fraction of sp³-hybridized carbons (Fsp3) is 0.167. The summed E-state index contributed by atoms with van der Waals surface area (Å²) in [7, 11) is -3.60. The smallest absolute Gasteiger partial charge is 0.261 e. The predicted octanol–water partition coefficient (Wildman–Crippen LogP) is 4.54. The molecule has 0 saturated carbocycles. The fourth-order valence-corrected chi connectivity index (χ4v) is 4.20. The molecule has 4 nitrogen and oxygen atoms in total. The summed E-state index contributed by atoms with van der Waals surface area (Å²) in [5, 5.41) is 0.890. The minimum atomic E-state index is -3.60. The normalized spacial score (nSPS) is 11.5. The summed E-state index contributed by atoms with van der Waals surface area (Å²) in [6.07, 6.45) is 0. The molecule has 24 heavy (non-hydrogen) atoms. The quantitative estimate of drug-likeness (QED) is 0.745. The third-order valence-corrected chi connectivity index (χ3v) is 6.24. The third-order valence-electron chi connectivity index (χ3n) is 3.72. The van der Waals surface area contributed by atoms with Gasteiger partial charge >= 0.3 is 0 Å². The second-order valence-corrected chi connectivity index (χ2v) is 8.55. The van der Waals surface area contributed by atoms with E-state index in [1.165, 1.54) is 0 Å². The summed E-state index contributed by atoms with van der Waals surface area (Å²) >= 11 is 1.60. The molecule has 0 aliphatic carbocycles. The van der Waals surface area contributed by atoms with Crippen LogP contribution in [0.25, 0.3) is 10.6 Å². The summed E-state index contributed by atoms with van der Waals surface area (Å²) in [6.45, 7) is 5.92. The Kier molecular flexibility index (Phi) is 4.43. The van der Waals surface area contributed by atoms with E-state index in [9.17, 15) is 8.42 Å². The molecule has 0 fully saturated rings. The highest BCUT2D eigenvalue weighted by Gasteiger charge is 2.14. The van der Waals surface area contributed by atoms with Crippen molar-refractivity contribution >= 4 is 27.0 Å². The van der Waals surface area contributed by atoms with E-state index in [-0.39, 0.29) is 4.90 Å². The number of hydrogen-bond donors (Lipinski definition) is 1. The topological polar surface area (TPSA) is 59.1 Å². The zero-order chi connectivity index (χ0) is 17.3. The van der Waals surface area contributed by atoms with Crippen LogP contribution in [0.3, 0.4) is 0 Å². The number of nitrogens with zero attached hydrogens (tertiary/aromatic N) is 1. The number of benzene rings is 2. The Balaban J connectivity index is 1.90. The standard InChI is InChI=1S/C18H18N2O2S2/c1-12-7-9-17(10-8-12)24(21,22)20-16-6-4-5-15(11-16)18-19-13(2)14(3)23-18/h4-11,20H,1-3H3. The minimum absolute atomic E-state index is 0.249. The molecule has 1 heterocycles. The molecule has 3 aromatic rings. The lowest BCUT2D eigenvalue weighted by Gasteiger charge is -2.09. The molecule has 6 heteroatoms. The number of aromatic nitrogens is 1. The summed E-state index contributed by atoms with van der Waals surface area (Å²) in [5.41, 5.74) is 3.45. The van der Waals surface area contributed by atoms with E-state index < -0.39 is 10.0 Å². The van der Waals surface area contributed by atoms with Crippen molar-refractivity contribution < 1.29 is 8.42 Å². The number of hydrogen-bond acceptors (Lipinski definition) is 4. The third kappa shape index (κ3) is 3.49. The van der Waals surface area contributed by atoms with Crippen molar-refractivity contribution in [3.8, 4) is 10.6 Å². The molecule has 0 bridgehead atoms. The maximum Gasteiger partial charge on any atom is 0.261 e. The number of anilines is 1. The number of rotatable bonds is 4. The molecular formula is C18H18N2O2S2. The van der Waals surface area contributed by atoms with Gasteiger partial charge in [0.25, 0.3) is 10.0 Å². The molecule has 124 valence electrons. The lowest BCUT2D eigenvalue weighted by atomic mass is 10.2. The Hall–Kier alpha value is -2.18. The Morgan fingerprint density at radius 2 is 1.71 bits per heavy atom. The van der Waals surface area contributed by atoms with Crippen LogP contribution in [0.5, 0.6) is 0 Å². The lowest BCUT2D eigenvalue weighted by Crippen LogP contribution is -2.12. The van der Waals surface area contributed by atoms with Gasteiger partial charge in [-0.3, -0.25) is 4.72 Å². The van der Waals surface area contributed by atoms with Gasteiger partial charge in [0.15, 0.2) is 0 Å². The zero-order valence-corrected chi connectivity index (χ0v) is 15.3. The SMILES string of the molecule is Cc1ccc(S(=O)(=O)Nc2cccc(-c3nc(C)c(C)s3)c2)cc1. The average Bonchev–Trinajstić information content (AvgIpc) is 2.87. The first-order valence-corrected chi connectivity index (χ1v) is 9.79. The van der Waals surface area contributed by atoms with Gasteiger partial charge in [0.05, 0.1) is 10.6 Å². The minimum Gasteiger partial charge on any atom is -0.280 e. The number of aryl methyl sites for hydroxylation is 3. The first-order chi connectivity index (χ1) is 11.3. The summed E-state index contributed by atoms with van der Waals surface area (Å²) in [6, 6.07) is 14.1. The Morgan fingerprint density at radius 1 is 1.00 bits per heavy atom. The molecule has 0 atom stereocenters. The highest BCUT2D eigenvalue weighted by Crippen LogP contribution is 2.29. The summed E-state index contributed by atoms with van der Waals surface area (Å²) in [5.74, 6) is 0. The van der Waals surface area contributed by atoms with Crippen LogP contribution in [0.2, 0.25) is 0 Å². The van der Waals surface area contributed by atoms with Crippen molar-refractivity contribution in [2.75, 3.05) is 4.72 Å². The van der Waals surface area contributed by atoms with Crippen LogP contribution in [0, 0.1) is 20.8 Å². The van der Waals surface area contributed by atoms with Gasteiger partial charge in [-0.15, -0.1) is 11.3 Å². The molecule has 0 aliphatic heterocycles. The van der Waals surface area contributed by atoms with Crippen LogP contribution in [0.15, 0.2) is 53.4 Å². The van der Waals surface area contributed by atoms with Gasteiger partial charge < -0.3 is 0 Å². The van der Waals surface area contributed by atoms with Crippen molar-refractivity contribution in [3.05, 3.63) is 64.7 Å². The van der Waals surface area contributed by atoms with Crippen LogP contribution in [-0.4, -0.2) is 13.4 Å². The Labute approximate surface area is 146 Å². The van der Waals surface area contributed by atoms with E-state index in [4.69, 9.17) is 0 Å². The van der Waals surface area contributed by atoms with Gasteiger partial charge in [0.2, 0.25) is 0 Å². The first kappa shape index (κ1) is 16.7. The second kappa shape index (κ2) is 6.37. The van der Waals surface area contributed by atoms with Gasteiger partial charge in [-0.25, -0.2) is 13.4 Å². The van der Waals surface area contributed by atoms with Gasteiger partial charge in [0.1, 0.15) is 5.01 Å². The second-order valence-electron chi connectivity index (χ2n) is 5.66. The van der Waals surface area contributed by atoms with E-state index in [1.807, 2.05) is 39.0 Å². The van der Waals surface area contributed by atoms with Crippen LogP contribution >= 0.6 is 11.3 Å². The molecular weight excluding hydrogens is 340 g/mol. The summed E-state index contributed by atoms with van der Waals surface area (Å²) in [4.78, 5) is 5.94. The maximum absolute atomic E-state index is 12.5. The van der Waals surface area contributed by atoms with Gasteiger partial charge in [-0.2, -0.15) is 0 Å². The number of thiazole rings is 1. The molecule has 0 unspecified atom stereocenters. The van der Waals surface area contributed by atoms with Gasteiger partial charge in [-0.05, 0) is 45.0 Å². The molecule has 1 aromatic heterocycles. The monoisotopic (exact) mass is 358 g/mol.